The summed E-state index contributed by atoms with van der Waals surface area (Å²) in [7, 11) is 0. The minimum atomic E-state index is -0.688. The number of benzene rings is 1. The third-order valence-electron chi connectivity index (χ3n) is 3.06. The van der Waals surface area contributed by atoms with Crippen LogP contribution in [0.25, 0.3) is 0 Å². The lowest BCUT2D eigenvalue weighted by Crippen LogP contribution is -2.09. The molecule has 2 nitrogen and oxygen atoms in total. The third-order valence-corrected chi connectivity index (χ3v) is 3.06. The highest BCUT2D eigenvalue weighted by atomic mass is 16.4. The maximum Gasteiger partial charge on any atom is 0.303 e. The zero-order chi connectivity index (χ0) is 10.0. The molecule has 0 heterocycles. The van der Waals surface area contributed by atoms with Crippen molar-refractivity contribution < 1.29 is 9.90 Å². The second-order valence-corrected chi connectivity index (χ2v) is 4.04. The summed E-state index contributed by atoms with van der Waals surface area (Å²) < 4.78 is 0. The summed E-state index contributed by atoms with van der Waals surface area (Å²) >= 11 is 0. The fourth-order valence-electron chi connectivity index (χ4n) is 1.97. The van der Waals surface area contributed by atoms with E-state index in [2.05, 4.69) is 12.1 Å². The lowest BCUT2D eigenvalue weighted by molar-refractivity contribution is -0.137. The van der Waals surface area contributed by atoms with Gasteiger partial charge in [-0.2, -0.15) is 0 Å². The molecule has 1 N–H and O–H groups in total. The van der Waals surface area contributed by atoms with E-state index in [1.54, 1.807) is 0 Å². The Labute approximate surface area is 83.6 Å². The lowest BCUT2D eigenvalue weighted by atomic mass is 9.91. The molecule has 0 atom stereocenters. The molecule has 0 spiro atoms. The first-order chi connectivity index (χ1) is 6.73. The van der Waals surface area contributed by atoms with E-state index in [-0.39, 0.29) is 11.8 Å². The first kappa shape index (κ1) is 9.25. The van der Waals surface area contributed by atoms with Gasteiger partial charge in [0.05, 0.1) is 0 Å². The molecule has 74 valence electrons. The summed E-state index contributed by atoms with van der Waals surface area (Å²) in [6.45, 7) is 0. The summed E-state index contributed by atoms with van der Waals surface area (Å²) in [4.78, 5) is 10.5. The number of hydrogen-bond donors (Lipinski definition) is 1. The molecule has 2 rings (SSSR count). The van der Waals surface area contributed by atoms with Crippen LogP contribution >= 0.6 is 0 Å². The van der Waals surface area contributed by atoms with Gasteiger partial charge in [-0.3, -0.25) is 4.79 Å². The number of hydrogen-bond acceptors (Lipinski definition) is 1. The second kappa shape index (κ2) is 3.45. The minimum absolute atomic E-state index is 0.194. The summed E-state index contributed by atoms with van der Waals surface area (Å²) in [5.41, 5.74) is 1.50. The molecule has 0 unspecified atom stereocenters. The van der Waals surface area contributed by atoms with Crippen molar-refractivity contribution >= 4 is 5.97 Å². The Balaban J connectivity index is 2.06. The van der Waals surface area contributed by atoms with Gasteiger partial charge in [0.15, 0.2) is 0 Å². The Morgan fingerprint density at radius 3 is 2.43 bits per heavy atom. The smallest absolute Gasteiger partial charge is 0.303 e. The predicted molar refractivity (Wildman–Crippen MR) is 54.2 cm³/mol. The van der Waals surface area contributed by atoms with E-state index in [9.17, 15) is 4.79 Å². The van der Waals surface area contributed by atoms with Gasteiger partial charge in [-0.15, -0.1) is 0 Å². The van der Waals surface area contributed by atoms with Gasteiger partial charge in [0.25, 0.3) is 0 Å². The summed E-state index contributed by atoms with van der Waals surface area (Å²) in [6, 6.07) is 10.3. The van der Waals surface area contributed by atoms with Crippen LogP contribution in [0.3, 0.4) is 0 Å². The van der Waals surface area contributed by atoms with Crippen molar-refractivity contribution in [3.8, 4) is 0 Å². The van der Waals surface area contributed by atoms with E-state index in [0.717, 1.165) is 19.3 Å². The van der Waals surface area contributed by atoms with Crippen LogP contribution in [-0.4, -0.2) is 11.1 Å². The van der Waals surface area contributed by atoms with E-state index in [1.807, 2.05) is 18.2 Å². The molecule has 1 aliphatic rings. The highest BCUT2D eigenvalue weighted by molar-refractivity contribution is 5.67. The molecule has 1 saturated carbocycles. The number of carboxylic acids is 1. The standard InChI is InChI=1S/C12H14O2/c13-11(14)6-7-12(8-9-12)10-4-2-1-3-5-10/h1-5H,6-9H2,(H,13,14). The molecule has 0 aromatic heterocycles. The summed E-state index contributed by atoms with van der Waals surface area (Å²) in [5.74, 6) is -0.688. The molecule has 1 aliphatic carbocycles. The van der Waals surface area contributed by atoms with Gasteiger partial charge in [-0.25, -0.2) is 0 Å². The average Bonchev–Trinajstić information content (AvgIpc) is 2.97. The highest BCUT2D eigenvalue weighted by Gasteiger charge is 2.43. The van der Waals surface area contributed by atoms with Crippen molar-refractivity contribution in [2.45, 2.75) is 31.1 Å². The van der Waals surface area contributed by atoms with Gasteiger partial charge in [-0.05, 0) is 30.2 Å². The van der Waals surface area contributed by atoms with Crippen molar-refractivity contribution in [3.05, 3.63) is 35.9 Å². The van der Waals surface area contributed by atoms with E-state index in [0.29, 0.717) is 0 Å². The van der Waals surface area contributed by atoms with E-state index in [1.165, 1.54) is 5.56 Å². The van der Waals surface area contributed by atoms with Crippen LogP contribution in [0.15, 0.2) is 30.3 Å². The predicted octanol–water partition coefficient (Wildman–Crippen LogP) is 2.58. The molecule has 0 radical (unpaired) electrons. The van der Waals surface area contributed by atoms with Crippen molar-refractivity contribution in [1.29, 1.82) is 0 Å². The van der Waals surface area contributed by atoms with Gasteiger partial charge in [0.1, 0.15) is 0 Å². The maximum absolute atomic E-state index is 10.5. The average molecular weight is 190 g/mol. The first-order valence-corrected chi connectivity index (χ1v) is 5.00. The van der Waals surface area contributed by atoms with Crippen molar-refractivity contribution in [2.24, 2.45) is 0 Å². The molecule has 1 aromatic rings. The van der Waals surface area contributed by atoms with E-state index < -0.39 is 5.97 Å². The Morgan fingerprint density at radius 2 is 1.93 bits per heavy atom. The fraction of sp³-hybridized carbons (Fsp3) is 0.417. The van der Waals surface area contributed by atoms with Crippen LogP contribution in [-0.2, 0) is 10.2 Å². The first-order valence-electron chi connectivity index (χ1n) is 5.00. The number of carbonyl (C=O) groups is 1. The number of aliphatic carboxylic acids is 1. The second-order valence-electron chi connectivity index (χ2n) is 4.04. The largest absolute Gasteiger partial charge is 0.481 e. The normalized spacial score (nSPS) is 17.7. The van der Waals surface area contributed by atoms with Crippen LogP contribution in [0.4, 0.5) is 0 Å². The van der Waals surface area contributed by atoms with E-state index >= 15 is 0 Å². The summed E-state index contributed by atoms with van der Waals surface area (Å²) in [6.07, 6.45) is 3.36. The van der Waals surface area contributed by atoms with Crippen LogP contribution in [0.1, 0.15) is 31.2 Å². The van der Waals surface area contributed by atoms with Gasteiger partial charge < -0.3 is 5.11 Å². The molecule has 14 heavy (non-hydrogen) atoms. The van der Waals surface area contributed by atoms with Crippen molar-refractivity contribution in [1.82, 2.24) is 0 Å². The van der Waals surface area contributed by atoms with Gasteiger partial charge in [0, 0.05) is 6.42 Å². The SMILES string of the molecule is O=C(O)CCC1(c2ccccc2)CC1. The molecule has 0 amide bonds. The molecule has 0 aliphatic heterocycles. The molecule has 1 fully saturated rings. The third kappa shape index (κ3) is 1.79. The summed E-state index contributed by atoms with van der Waals surface area (Å²) in [5, 5.41) is 8.65. The Kier molecular flexibility index (Phi) is 2.28. The van der Waals surface area contributed by atoms with Crippen LogP contribution < -0.4 is 0 Å². The minimum Gasteiger partial charge on any atom is -0.481 e. The monoisotopic (exact) mass is 190 g/mol. The maximum atomic E-state index is 10.5. The molecular formula is C12H14O2. The zero-order valence-electron chi connectivity index (χ0n) is 8.07. The number of carboxylic acid groups (broad SMARTS) is 1. The van der Waals surface area contributed by atoms with Crippen LogP contribution in [0, 0.1) is 0 Å². The Bertz CT molecular complexity index is 325. The van der Waals surface area contributed by atoms with Gasteiger partial charge >= 0.3 is 5.97 Å². The zero-order valence-corrected chi connectivity index (χ0v) is 8.07. The van der Waals surface area contributed by atoms with Crippen molar-refractivity contribution in [3.63, 3.8) is 0 Å². The van der Waals surface area contributed by atoms with Crippen molar-refractivity contribution in [2.75, 3.05) is 0 Å². The molecule has 2 heteroatoms. The Morgan fingerprint density at radius 1 is 1.29 bits per heavy atom. The fourth-order valence-corrected chi connectivity index (χ4v) is 1.97. The highest BCUT2D eigenvalue weighted by Crippen LogP contribution is 2.51. The number of rotatable bonds is 4. The van der Waals surface area contributed by atoms with E-state index in [4.69, 9.17) is 5.11 Å². The topological polar surface area (TPSA) is 37.3 Å². The van der Waals surface area contributed by atoms with Crippen LogP contribution in [0.5, 0.6) is 0 Å². The lowest BCUT2D eigenvalue weighted by Gasteiger charge is -2.13. The molecule has 1 aromatic carbocycles. The molecular weight excluding hydrogens is 176 g/mol. The molecule has 0 saturated heterocycles. The molecule has 0 bridgehead atoms. The Hall–Kier alpha value is -1.31. The van der Waals surface area contributed by atoms with Gasteiger partial charge in [0.2, 0.25) is 0 Å². The van der Waals surface area contributed by atoms with Gasteiger partial charge in [-0.1, -0.05) is 30.3 Å². The quantitative estimate of drug-likeness (QED) is 0.792. The van der Waals surface area contributed by atoms with Crippen LogP contribution in [0.2, 0.25) is 0 Å².